The smallest absolute Gasteiger partial charge is 0.282 e. The molecular formula is C37H44BrN7O4. The first-order valence-electron chi connectivity index (χ1n) is 17.2. The molecule has 0 bridgehead atoms. The van der Waals surface area contributed by atoms with Gasteiger partial charge in [0, 0.05) is 75.4 Å². The molecule has 4 fully saturated rings. The maximum absolute atomic E-state index is 13.5. The average molecular weight is 731 g/mol. The normalized spacial score (nSPS) is 24.0. The fourth-order valence-corrected chi connectivity index (χ4v) is 8.75. The van der Waals surface area contributed by atoms with Crippen molar-refractivity contribution in [2.45, 2.75) is 56.9 Å². The Morgan fingerprint density at radius 3 is 2.45 bits per heavy atom. The first-order valence-corrected chi connectivity index (χ1v) is 18.0. The number of amides is 3. The van der Waals surface area contributed by atoms with Crippen molar-refractivity contribution in [2.24, 2.45) is 12.5 Å². The molecule has 0 radical (unpaired) electrons. The summed E-state index contributed by atoms with van der Waals surface area (Å²) in [6, 6.07) is 14.6. The van der Waals surface area contributed by atoms with Gasteiger partial charge in [-0.1, -0.05) is 18.2 Å². The lowest BCUT2D eigenvalue weighted by atomic mass is 9.71. The first kappa shape index (κ1) is 33.5. The van der Waals surface area contributed by atoms with E-state index in [2.05, 4.69) is 78.8 Å². The van der Waals surface area contributed by atoms with Gasteiger partial charge >= 0.3 is 0 Å². The molecule has 2 aromatic carbocycles. The fourth-order valence-electron chi connectivity index (χ4n) is 8.28. The fraction of sp³-hybridized carbons (Fsp3) is 0.486. The summed E-state index contributed by atoms with van der Waals surface area (Å²) in [5.74, 6) is -0.257. The number of halogens is 1. The number of benzene rings is 2. The number of likely N-dealkylation sites (N-methyl/N-ethyl adjacent to an activating group) is 1. The van der Waals surface area contributed by atoms with E-state index in [0.29, 0.717) is 28.9 Å². The summed E-state index contributed by atoms with van der Waals surface area (Å²) in [4.78, 5) is 56.5. The summed E-state index contributed by atoms with van der Waals surface area (Å²) in [6.45, 7) is 7.30. The Morgan fingerprint density at radius 2 is 1.76 bits per heavy atom. The minimum absolute atomic E-state index is 0.0996. The minimum atomic E-state index is -0.269. The third-order valence-corrected chi connectivity index (χ3v) is 11.9. The second kappa shape index (κ2) is 13.4. The molecule has 4 aliphatic heterocycles. The molecule has 1 aromatic heterocycles. The standard InChI is InChI=1S/C37H44BrN7O4/c1-23-16-28(8-9-29(23)30-10-11-32(46)41-34(30)47)44-14-12-37(13-15-44)21-45(22-37)35(48)25-6-4-24(5-7-25)26-17-27(20-42(2)19-26)40-31-18-39-43(3)36(49)33(31)38/h4-9,16,18,26-27,30,40H,10-15,17,19-22H2,1-3H3,(H,41,46,47)/t26-,27+,30?/m1/s1. The second-order valence-corrected chi connectivity index (χ2v) is 15.4. The highest BCUT2D eigenvalue weighted by Crippen LogP contribution is 2.42. The van der Waals surface area contributed by atoms with Crippen LogP contribution in [0.25, 0.3) is 0 Å². The molecule has 2 N–H and O–H groups in total. The molecule has 11 nitrogen and oxygen atoms in total. The Balaban J connectivity index is 0.916. The van der Waals surface area contributed by atoms with E-state index < -0.39 is 0 Å². The molecular weight excluding hydrogens is 686 g/mol. The zero-order valence-corrected chi connectivity index (χ0v) is 30.0. The van der Waals surface area contributed by atoms with Gasteiger partial charge in [0.1, 0.15) is 4.47 Å². The van der Waals surface area contributed by atoms with Gasteiger partial charge in [-0.15, -0.1) is 0 Å². The van der Waals surface area contributed by atoms with Crippen molar-refractivity contribution in [1.82, 2.24) is 24.9 Å². The highest BCUT2D eigenvalue weighted by molar-refractivity contribution is 9.10. The van der Waals surface area contributed by atoms with Gasteiger partial charge in [-0.05, 0) is 102 Å². The van der Waals surface area contributed by atoms with Crippen LogP contribution in [0, 0.1) is 12.3 Å². The van der Waals surface area contributed by atoms with Crippen LogP contribution in [0.5, 0.6) is 0 Å². The molecule has 3 aromatic rings. The van der Waals surface area contributed by atoms with E-state index in [1.165, 1.54) is 10.2 Å². The number of carbonyl (C=O) groups excluding carboxylic acids is 3. The van der Waals surface area contributed by atoms with Crippen molar-refractivity contribution >= 4 is 45.0 Å². The number of hydrogen-bond acceptors (Lipinski definition) is 8. The van der Waals surface area contributed by atoms with Gasteiger partial charge < -0.3 is 20.0 Å². The molecule has 3 atom stereocenters. The van der Waals surface area contributed by atoms with Crippen LogP contribution in [0.4, 0.5) is 11.4 Å². The number of anilines is 2. The van der Waals surface area contributed by atoms with Crippen molar-refractivity contribution in [1.29, 1.82) is 0 Å². The number of hydrogen-bond donors (Lipinski definition) is 2. The van der Waals surface area contributed by atoms with E-state index in [4.69, 9.17) is 0 Å². The highest BCUT2D eigenvalue weighted by Gasteiger charge is 2.47. The van der Waals surface area contributed by atoms with Gasteiger partial charge in [-0.2, -0.15) is 5.10 Å². The van der Waals surface area contributed by atoms with Crippen LogP contribution in [0.15, 0.2) is 57.9 Å². The van der Waals surface area contributed by atoms with Gasteiger partial charge in [0.15, 0.2) is 0 Å². The summed E-state index contributed by atoms with van der Waals surface area (Å²) in [6.07, 6.45) is 5.62. The number of carbonyl (C=O) groups is 3. The van der Waals surface area contributed by atoms with Gasteiger partial charge in [0.2, 0.25) is 11.8 Å². The molecule has 4 aliphatic rings. The van der Waals surface area contributed by atoms with Crippen molar-refractivity contribution in [2.75, 3.05) is 56.5 Å². The van der Waals surface area contributed by atoms with Crippen LogP contribution in [0.3, 0.4) is 0 Å². The lowest BCUT2D eigenvalue weighted by Gasteiger charge is -2.54. The van der Waals surface area contributed by atoms with Gasteiger partial charge in [-0.3, -0.25) is 24.5 Å². The summed E-state index contributed by atoms with van der Waals surface area (Å²) in [7, 11) is 3.75. The van der Waals surface area contributed by atoms with Crippen LogP contribution in [-0.2, 0) is 16.6 Å². The maximum Gasteiger partial charge on any atom is 0.282 e. The van der Waals surface area contributed by atoms with Crippen molar-refractivity contribution < 1.29 is 14.4 Å². The molecule has 258 valence electrons. The van der Waals surface area contributed by atoms with Crippen molar-refractivity contribution in [3.8, 4) is 0 Å². The van der Waals surface area contributed by atoms with E-state index in [1.807, 2.05) is 24.0 Å². The molecule has 0 saturated carbocycles. The van der Waals surface area contributed by atoms with Gasteiger partial charge in [-0.25, -0.2) is 4.68 Å². The average Bonchev–Trinajstić information content (AvgIpc) is 3.07. The van der Waals surface area contributed by atoms with Crippen LogP contribution in [0.2, 0.25) is 0 Å². The van der Waals surface area contributed by atoms with E-state index in [-0.39, 0.29) is 40.7 Å². The predicted octanol–water partition coefficient (Wildman–Crippen LogP) is 4.01. The molecule has 12 heteroatoms. The third-order valence-electron chi connectivity index (χ3n) is 11.1. The molecule has 1 spiro atoms. The monoisotopic (exact) mass is 729 g/mol. The summed E-state index contributed by atoms with van der Waals surface area (Å²) in [5, 5.41) is 10.2. The van der Waals surface area contributed by atoms with Gasteiger partial charge in [0.25, 0.3) is 11.5 Å². The highest BCUT2D eigenvalue weighted by atomic mass is 79.9. The topological polar surface area (TPSA) is 120 Å². The predicted molar refractivity (Wildman–Crippen MR) is 192 cm³/mol. The Morgan fingerprint density at radius 1 is 1.02 bits per heavy atom. The van der Waals surface area contributed by atoms with E-state index in [1.54, 1.807) is 13.2 Å². The number of nitrogens with zero attached hydrogens (tertiary/aromatic N) is 5. The number of imide groups is 1. The molecule has 49 heavy (non-hydrogen) atoms. The minimum Gasteiger partial charge on any atom is -0.379 e. The van der Waals surface area contributed by atoms with E-state index in [9.17, 15) is 19.2 Å². The van der Waals surface area contributed by atoms with Crippen LogP contribution in [0.1, 0.15) is 71.0 Å². The van der Waals surface area contributed by atoms with Crippen molar-refractivity contribution in [3.05, 3.63) is 85.7 Å². The largest absolute Gasteiger partial charge is 0.379 e. The molecule has 7 rings (SSSR count). The first-order chi connectivity index (χ1) is 23.5. The molecule has 1 unspecified atom stereocenters. The number of aryl methyl sites for hydroxylation is 2. The summed E-state index contributed by atoms with van der Waals surface area (Å²) >= 11 is 3.43. The lowest BCUT2D eigenvalue weighted by molar-refractivity contribution is -0.134. The lowest BCUT2D eigenvalue weighted by Crippen LogP contribution is -2.61. The van der Waals surface area contributed by atoms with Crippen molar-refractivity contribution in [3.63, 3.8) is 0 Å². The van der Waals surface area contributed by atoms with Gasteiger partial charge in [0.05, 0.1) is 17.8 Å². The zero-order valence-electron chi connectivity index (χ0n) is 28.4. The SMILES string of the molecule is Cc1cc(N2CCC3(CC2)CN(C(=O)c2ccc([C@@H]4C[C@H](Nc5cnn(C)c(=O)c5Br)CN(C)C4)cc2)C3)ccc1C1CCC(=O)NC1=O. The number of rotatable bonds is 6. The van der Waals surface area contributed by atoms with Crippen LogP contribution >= 0.6 is 15.9 Å². The third kappa shape index (κ3) is 6.77. The Kier molecular flexibility index (Phi) is 9.12. The Bertz CT molecular complexity index is 1830. The molecule has 5 heterocycles. The summed E-state index contributed by atoms with van der Waals surface area (Å²) in [5.41, 5.74) is 5.90. The molecule has 4 saturated heterocycles. The second-order valence-electron chi connectivity index (χ2n) is 14.6. The summed E-state index contributed by atoms with van der Waals surface area (Å²) < 4.78 is 1.80. The Labute approximate surface area is 295 Å². The number of likely N-dealkylation sites (tertiary alicyclic amines) is 2. The van der Waals surface area contributed by atoms with Crippen LogP contribution in [-0.4, -0.2) is 89.7 Å². The number of aromatic nitrogens is 2. The number of nitrogens with one attached hydrogen (secondary N) is 2. The molecule has 0 aliphatic carbocycles. The quantitative estimate of drug-likeness (QED) is 0.366. The maximum atomic E-state index is 13.5. The Hall–Kier alpha value is -4.03. The molecule has 3 amide bonds. The van der Waals surface area contributed by atoms with Crippen LogP contribution < -0.4 is 21.1 Å². The number of piperidine rings is 3. The van der Waals surface area contributed by atoms with E-state index in [0.717, 1.165) is 80.9 Å². The zero-order chi connectivity index (χ0) is 34.4. The van der Waals surface area contributed by atoms with E-state index >= 15 is 0 Å².